The first-order valence-electron chi connectivity index (χ1n) is 9.64. The van der Waals surface area contributed by atoms with Crippen LogP contribution in [0.3, 0.4) is 0 Å². The van der Waals surface area contributed by atoms with Gasteiger partial charge in [-0.2, -0.15) is 5.10 Å². The first-order chi connectivity index (χ1) is 12.6. The summed E-state index contributed by atoms with van der Waals surface area (Å²) in [6, 6.07) is 9.98. The van der Waals surface area contributed by atoms with Crippen molar-refractivity contribution >= 4 is 5.91 Å². The molecular weight excluding hydrogens is 326 g/mol. The van der Waals surface area contributed by atoms with Crippen LogP contribution in [0.1, 0.15) is 74.0 Å². The van der Waals surface area contributed by atoms with Gasteiger partial charge in [-0.3, -0.25) is 9.48 Å². The number of nitrogens with zero attached hydrogens (tertiary/aromatic N) is 3. The third-order valence-corrected chi connectivity index (χ3v) is 5.21. The summed E-state index contributed by atoms with van der Waals surface area (Å²) in [7, 11) is 0. The molecule has 140 valence electrons. The Balaban J connectivity index is 1.81. The summed E-state index contributed by atoms with van der Waals surface area (Å²) >= 11 is 0. The van der Waals surface area contributed by atoms with E-state index >= 15 is 0 Å². The van der Waals surface area contributed by atoms with Crippen molar-refractivity contribution < 1.29 is 9.90 Å². The Labute approximate surface area is 155 Å². The lowest BCUT2D eigenvalue weighted by Crippen LogP contribution is -2.43. The lowest BCUT2D eigenvalue weighted by molar-refractivity contribution is 0.0454. The zero-order valence-electron chi connectivity index (χ0n) is 15.7. The van der Waals surface area contributed by atoms with E-state index in [0.717, 1.165) is 31.2 Å². The Morgan fingerprint density at radius 3 is 2.54 bits per heavy atom. The van der Waals surface area contributed by atoms with Crippen LogP contribution >= 0.6 is 0 Å². The summed E-state index contributed by atoms with van der Waals surface area (Å²) < 4.78 is 1.81. The normalized spacial score (nSPS) is 16.6. The van der Waals surface area contributed by atoms with Crippen molar-refractivity contribution in [3.63, 3.8) is 0 Å². The van der Waals surface area contributed by atoms with Crippen molar-refractivity contribution in [2.75, 3.05) is 6.54 Å². The molecule has 1 fully saturated rings. The van der Waals surface area contributed by atoms with Crippen LogP contribution in [0.2, 0.25) is 0 Å². The Bertz CT molecular complexity index is 705. The second-order valence-electron chi connectivity index (χ2n) is 7.48. The number of aliphatic hydroxyl groups is 1. The number of hydrogen-bond acceptors (Lipinski definition) is 3. The van der Waals surface area contributed by atoms with Crippen molar-refractivity contribution in [1.82, 2.24) is 14.7 Å². The second-order valence-corrected chi connectivity index (χ2v) is 7.48. The van der Waals surface area contributed by atoms with Gasteiger partial charge in [0.2, 0.25) is 0 Å². The summed E-state index contributed by atoms with van der Waals surface area (Å²) in [4.78, 5) is 15.1. The summed E-state index contributed by atoms with van der Waals surface area (Å²) in [6.45, 7) is 4.40. The predicted octanol–water partition coefficient (Wildman–Crippen LogP) is 3.97. The Morgan fingerprint density at radius 2 is 1.92 bits per heavy atom. The number of carbonyl (C=O) groups excluding carboxylic acids is 1. The molecule has 3 rings (SSSR count). The molecule has 0 aliphatic heterocycles. The van der Waals surface area contributed by atoms with E-state index in [-0.39, 0.29) is 18.0 Å². The van der Waals surface area contributed by atoms with Crippen molar-refractivity contribution in [3.8, 4) is 0 Å². The Kier molecular flexibility index (Phi) is 6.09. The Hall–Kier alpha value is -2.14. The van der Waals surface area contributed by atoms with E-state index in [4.69, 9.17) is 0 Å². The maximum atomic E-state index is 13.2. The number of rotatable bonds is 6. The van der Waals surface area contributed by atoms with E-state index < -0.39 is 6.10 Å². The summed E-state index contributed by atoms with van der Waals surface area (Å²) in [5.74, 6) is -0.0289. The van der Waals surface area contributed by atoms with Crippen LogP contribution in [0.5, 0.6) is 0 Å². The van der Waals surface area contributed by atoms with Crippen molar-refractivity contribution in [2.45, 2.75) is 64.1 Å². The molecule has 1 atom stereocenters. The fourth-order valence-corrected chi connectivity index (χ4v) is 3.65. The quantitative estimate of drug-likeness (QED) is 0.853. The van der Waals surface area contributed by atoms with Gasteiger partial charge in [0.15, 0.2) is 0 Å². The van der Waals surface area contributed by atoms with Crippen LogP contribution in [0.25, 0.3) is 0 Å². The van der Waals surface area contributed by atoms with E-state index in [9.17, 15) is 9.90 Å². The third kappa shape index (κ3) is 4.33. The number of aromatic nitrogens is 2. The number of hydrogen-bond donors (Lipinski definition) is 1. The monoisotopic (exact) mass is 355 g/mol. The highest BCUT2D eigenvalue weighted by Gasteiger charge is 2.29. The minimum atomic E-state index is -0.678. The topological polar surface area (TPSA) is 58.4 Å². The lowest BCUT2D eigenvalue weighted by atomic mass is 9.93. The number of aliphatic hydroxyl groups excluding tert-OH is 1. The highest BCUT2D eigenvalue weighted by Crippen LogP contribution is 2.26. The summed E-state index contributed by atoms with van der Waals surface area (Å²) in [5, 5.41) is 15.0. The first-order valence-corrected chi connectivity index (χ1v) is 9.64. The molecule has 1 aliphatic rings. The van der Waals surface area contributed by atoms with Crippen LogP contribution < -0.4 is 0 Å². The van der Waals surface area contributed by atoms with Gasteiger partial charge in [0.05, 0.1) is 24.4 Å². The average Bonchev–Trinajstić information content (AvgIpc) is 3.17. The molecule has 1 N–H and O–H groups in total. The average molecular weight is 355 g/mol. The van der Waals surface area contributed by atoms with E-state index in [0.29, 0.717) is 12.1 Å². The van der Waals surface area contributed by atoms with Gasteiger partial charge in [0, 0.05) is 18.3 Å². The van der Waals surface area contributed by atoms with Crippen LogP contribution in [-0.4, -0.2) is 38.3 Å². The summed E-state index contributed by atoms with van der Waals surface area (Å²) in [5.41, 5.74) is 1.45. The van der Waals surface area contributed by atoms with Gasteiger partial charge < -0.3 is 10.0 Å². The molecular formula is C21H29N3O2. The van der Waals surface area contributed by atoms with Gasteiger partial charge in [-0.1, -0.05) is 49.6 Å². The van der Waals surface area contributed by atoms with Gasteiger partial charge in [0.1, 0.15) is 0 Å². The number of carbonyl (C=O) groups is 1. The minimum Gasteiger partial charge on any atom is -0.387 e. The van der Waals surface area contributed by atoms with Crippen LogP contribution in [0, 0.1) is 0 Å². The summed E-state index contributed by atoms with van der Waals surface area (Å²) in [6.07, 6.45) is 8.30. The molecule has 0 bridgehead atoms. The van der Waals surface area contributed by atoms with Crippen LogP contribution in [-0.2, 0) is 0 Å². The van der Waals surface area contributed by atoms with Crippen LogP contribution in [0.15, 0.2) is 42.7 Å². The molecule has 26 heavy (non-hydrogen) atoms. The van der Waals surface area contributed by atoms with E-state index in [1.165, 1.54) is 6.42 Å². The fraction of sp³-hybridized carbons (Fsp3) is 0.524. The largest absolute Gasteiger partial charge is 0.387 e. The van der Waals surface area contributed by atoms with Gasteiger partial charge in [-0.05, 0) is 32.3 Å². The van der Waals surface area contributed by atoms with E-state index in [2.05, 4.69) is 5.10 Å². The molecule has 1 aromatic carbocycles. The van der Waals surface area contributed by atoms with Gasteiger partial charge >= 0.3 is 0 Å². The molecule has 0 unspecified atom stereocenters. The fourth-order valence-electron chi connectivity index (χ4n) is 3.65. The minimum absolute atomic E-state index is 0.0289. The molecule has 1 aromatic heterocycles. The van der Waals surface area contributed by atoms with Crippen molar-refractivity contribution in [3.05, 3.63) is 53.9 Å². The zero-order chi connectivity index (χ0) is 18.5. The standard InChI is InChI=1S/C21H29N3O2/c1-16(2)24-14-18(13-22-24)21(26)23(19-11-7-4-8-12-19)15-20(25)17-9-5-3-6-10-17/h3,5-6,9-10,13-14,16,19-20,25H,4,7-8,11-12,15H2,1-2H3/t20-/m0/s1. The highest BCUT2D eigenvalue weighted by atomic mass is 16.3. The molecule has 1 heterocycles. The molecule has 5 heteroatoms. The maximum Gasteiger partial charge on any atom is 0.257 e. The molecule has 1 amide bonds. The molecule has 0 saturated heterocycles. The third-order valence-electron chi connectivity index (χ3n) is 5.21. The Morgan fingerprint density at radius 1 is 1.23 bits per heavy atom. The first kappa shape index (κ1) is 18.6. The molecule has 0 radical (unpaired) electrons. The lowest BCUT2D eigenvalue weighted by Gasteiger charge is -2.35. The number of benzene rings is 1. The molecule has 0 spiro atoms. The van der Waals surface area contributed by atoms with Gasteiger partial charge in [0.25, 0.3) is 5.91 Å². The van der Waals surface area contributed by atoms with Gasteiger partial charge in [-0.15, -0.1) is 0 Å². The van der Waals surface area contributed by atoms with Crippen molar-refractivity contribution in [1.29, 1.82) is 0 Å². The smallest absolute Gasteiger partial charge is 0.257 e. The predicted molar refractivity (Wildman–Crippen MR) is 102 cm³/mol. The van der Waals surface area contributed by atoms with E-state index in [1.54, 1.807) is 10.9 Å². The van der Waals surface area contributed by atoms with E-state index in [1.807, 2.05) is 55.3 Å². The molecule has 1 saturated carbocycles. The van der Waals surface area contributed by atoms with Crippen LogP contribution in [0.4, 0.5) is 0 Å². The highest BCUT2D eigenvalue weighted by molar-refractivity contribution is 5.94. The van der Waals surface area contributed by atoms with Crippen molar-refractivity contribution in [2.24, 2.45) is 0 Å². The second kappa shape index (κ2) is 8.49. The molecule has 1 aliphatic carbocycles. The SMILES string of the molecule is CC(C)n1cc(C(=O)N(C[C@H](O)c2ccccc2)C2CCCCC2)cn1. The zero-order valence-corrected chi connectivity index (χ0v) is 15.7. The molecule has 2 aromatic rings. The maximum absolute atomic E-state index is 13.2. The molecule has 5 nitrogen and oxygen atoms in total. The van der Waals surface area contributed by atoms with Gasteiger partial charge in [-0.25, -0.2) is 0 Å². The number of amides is 1.